The van der Waals surface area contributed by atoms with Crippen molar-refractivity contribution in [1.82, 2.24) is 15.1 Å². The van der Waals surface area contributed by atoms with Gasteiger partial charge in [0.2, 0.25) is 5.91 Å². The third kappa shape index (κ3) is 2.97. The van der Waals surface area contributed by atoms with Crippen molar-refractivity contribution in [2.75, 3.05) is 32.7 Å². The molecule has 20 heavy (non-hydrogen) atoms. The minimum absolute atomic E-state index is 0. The molecule has 0 saturated carbocycles. The Kier molecular flexibility index (Phi) is 4.98. The molecular weight excluding hydrogens is 274 g/mol. The molecule has 1 N–H and O–H groups in total. The molecule has 1 amide bonds. The van der Waals surface area contributed by atoms with Crippen LogP contribution >= 0.6 is 12.4 Å². The Morgan fingerprint density at radius 2 is 2.00 bits per heavy atom. The van der Waals surface area contributed by atoms with Crippen molar-refractivity contribution < 1.29 is 4.79 Å². The smallest absolute Gasteiger partial charge is 0.240 e. The fourth-order valence-corrected chi connectivity index (χ4v) is 4.01. The first-order valence-corrected chi connectivity index (χ1v) is 7.84. The van der Waals surface area contributed by atoms with E-state index in [9.17, 15) is 4.79 Å². The van der Waals surface area contributed by atoms with Crippen molar-refractivity contribution in [2.24, 2.45) is 5.41 Å². The quantitative estimate of drug-likeness (QED) is 0.797. The summed E-state index contributed by atoms with van der Waals surface area (Å²) < 4.78 is 0. The highest BCUT2D eigenvalue weighted by Gasteiger charge is 2.41. The summed E-state index contributed by atoms with van der Waals surface area (Å²) in [6, 6.07) is 0.651. The lowest BCUT2D eigenvalue weighted by atomic mass is 9.77. The first-order chi connectivity index (χ1) is 9.08. The van der Waals surface area contributed by atoms with Gasteiger partial charge in [-0.2, -0.15) is 0 Å². The lowest BCUT2D eigenvalue weighted by Crippen LogP contribution is -2.61. The standard InChI is InChI=1S/C15H27N3O.ClH/c1-15(2)6-4-7-16-13(15)14(19)18-10-9-17-8-3-5-12(17)11-18;/h12-13,16H,3-11H2,1-2H3;1H. The van der Waals surface area contributed by atoms with E-state index in [1.807, 2.05) is 0 Å². The molecule has 0 aliphatic carbocycles. The van der Waals surface area contributed by atoms with Crippen LogP contribution in [0.1, 0.15) is 39.5 Å². The van der Waals surface area contributed by atoms with E-state index in [0.29, 0.717) is 11.9 Å². The molecule has 0 bridgehead atoms. The highest BCUT2D eigenvalue weighted by molar-refractivity contribution is 5.85. The van der Waals surface area contributed by atoms with Crippen molar-refractivity contribution in [1.29, 1.82) is 0 Å². The van der Waals surface area contributed by atoms with E-state index in [1.54, 1.807) is 0 Å². The second kappa shape index (κ2) is 6.20. The average molecular weight is 302 g/mol. The monoisotopic (exact) mass is 301 g/mol. The van der Waals surface area contributed by atoms with Gasteiger partial charge in [-0.25, -0.2) is 0 Å². The number of nitrogens with one attached hydrogen (secondary N) is 1. The topological polar surface area (TPSA) is 35.6 Å². The molecule has 0 aromatic rings. The Morgan fingerprint density at radius 1 is 1.20 bits per heavy atom. The number of carbonyl (C=O) groups excluding carboxylic acids is 1. The maximum absolute atomic E-state index is 12.8. The summed E-state index contributed by atoms with van der Waals surface area (Å²) in [6.45, 7) is 9.63. The molecule has 0 spiro atoms. The molecule has 0 radical (unpaired) electrons. The molecule has 5 heteroatoms. The third-order valence-electron chi connectivity index (χ3n) is 5.27. The molecule has 2 atom stereocenters. The van der Waals surface area contributed by atoms with Crippen LogP contribution < -0.4 is 5.32 Å². The fraction of sp³-hybridized carbons (Fsp3) is 0.933. The lowest BCUT2D eigenvalue weighted by molar-refractivity contribution is -0.140. The Bertz CT molecular complexity index is 361. The van der Waals surface area contributed by atoms with Crippen molar-refractivity contribution in [3.63, 3.8) is 0 Å². The summed E-state index contributed by atoms with van der Waals surface area (Å²) in [7, 11) is 0. The molecule has 4 nitrogen and oxygen atoms in total. The number of rotatable bonds is 1. The Hall–Kier alpha value is -0.320. The number of nitrogens with zero attached hydrogens (tertiary/aromatic N) is 2. The van der Waals surface area contributed by atoms with Gasteiger partial charge in [0.25, 0.3) is 0 Å². The minimum Gasteiger partial charge on any atom is -0.338 e. The number of carbonyl (C=O) groups is 1. The second-order valence-corrected chi connectivity index (χ2v) is 7.10. The molecule has 116 valence electrons. The predicted molar refractivity (Wildman–Crippen MR) is 83.2 cm³/mol. The van der Waals surface area contributed by atoms with Crippen LogP contribution in [0.15, 0.2) is 0 Å². The number of hydrogen-bond donors (Lipinski definition) is 1. The largest absolute Gasteiger partial charge is 0.338 e. The highest BCUT2D eigenvalue weighted by atomic mass is 35.5. The minimum atomic E-state index is 0. The summed E-state index contributed by atoms with van der Waals surface area (Å²) in [5.41, 5.74) is 0.0993. The van der Waals surface area contributed by atoms with Crippen LogP contribution in [0, 0.1) is 5.41 Å². The fourth-order valence-electron chi connectivity index (χ4n) is 4.01. The zero-order valence-corrected chi connectivity index (χ0v) is 13.5. The lowest BCUT2D eigenvalue weighted by Gasteiger charge is -2.44. The van der Waals surface area contributed by atoms with Gasteiger partial charge >= 0.3 is 0 Å². The van der Waals surface area contributed by atoms with E-state index < -0.39 is 0 Å². The molecule has 3 aliphatic heterocycles. The predicted octanol–water partition coefficient (Wildman–Crippen LogP) is 1.49. The zero-order valence-electron chi connectivity index (χ0n) is 12.7. The van der Waals surface area contributed by atoms with E-state index in [2.05, 4.69) is 29.0 Å². The van der Waals surface area contributed by atoms with Gasteiger partial charge in [0.05, 0.1) is 6.04 Å². The van der Waals surface area contributed by atoms with Crippen molar-refractivity contribution in [3.8, 4) is 0 Å². The zero-order chi connectivity index (χ0) is 13.5. The number of halogens is 1. The van der Waals surface area contributed by atoms with E-state index >= 15 is 0 Å². The number of piperidine rings is 1. The van der Waals surface area contributed by atoms with Crippen LogP contribution in [-0.2, 0) is 4.79 Å². The Balaban J connectivity index is 0.00000147. The van der Waals surface area contributed by atoms with Crippen LogP contribution in [0.25, 0.3) is 0 Å². The van der Waals surface area contributed by atoms with Crippen LogP contribution in [-0.4, -0.2) is 60.5 Å². The maximum atomic E-state index is 12.8. The van der Waals surface area contributed by atoms with E-state index in [1.165, 1.54) is 25.8 Å². The molecule has 3 aliphatic rings. The van der Waals surface area contributed by atoms with Crippen LogP contribution in [0.4, 0.5) is 0 Å². The van der Waals surface area contributed by atoms with Crippen molar-refractivity contribution in [3.05, 3.63) is 0 Å². The number of hydrogen-bond acceptors (Lipinski definition) is 3. The average Bonchev–Trinajstić information content (AvgIpc) is 2.84. The maximum Gasteiger partial charge on any atom is 0.240 e. The summed E-state index contributed by atoms with van der Waals surface area (Å²) >= 11 is 0. The van der Waals surface area contributed by atoms with E-state index in [-0.39, 0.29) is 23.9 Å². The Labute approximate surface area is 128 Å². The normalized spacial score (nSPS) is 33.4. The first-order valence-electron chi connectivity index (χ1n) is 7.84. The van der Waals surface area contributed by atoms with Gasteiger partial charge in [-0.15, -0.1) is 12.4 Å². The van der Waals surface area contributed by atoms with E-state index in [4.69, 9.17) is 0 Å². The summed E-state index contributed by atoms with van der Waals surface area (Å²) in [4.78, 5) is 17.5. The van der Waals surface area contributed by atoms with Crippen molar-refractivity contribution in [2.45, 2.75) is 51.6 Å². The molecular formula is C15H28ClN3O. The van der Waals surface area contributed by atoms with Gasteiger partial charge in [0, 0.05) is 25.7 Å². The van der Waals surface area contributed by atoms with Gasteiger partial charge in [-0.3, -0.25) is 9.69 Å². The van der Waals surface area contributed by atoms with Crippen LogP contribution in [0.2, 0.25) is 0 Å². The Morgan fingerprint density at radius 3 is 2.75 bits per heavy atom. The van der Waals surface area contributed by atoms with Gasteiger partial charge < -0.3 is 10.2 Å². The van der Waals surface area contributed by atoms with Gasteiger partial charge in [0.1, 0.15) is 0 Å². The molecule has 3 saturated heterocycles. The molecule has 3 heterocycles. The van der Waals surface area contributed by atoms with Crippen LogP contribution in [0.5, 0.6) is 0 Å². The third-order valence-corrected chi connectivity index (χ3v) is 5.27. The number of amides is 1. The van der Waals surface area contributed by atoms with Gasteiger partial charge in [0.15, 0.2) is 0 Å². The summed E-state index contributed by atoms with van der Waals surface area (Å²) in [5, 5.41) is 3.46. The molecule has 0 aromatic heterocycles. The van der Waals surface area contributed by atoms with Gasteiger partial charge in [-0.05, 0) is 44.2 Å². The summed E-state index contributed by atoms with van der Waals surface area (Å²) in [5.74, 6) is 0.344. The number of fused-ring (bicyclic) bond motifs is 1. The van der Waals surface area contributed by atoms with Crippen molar-refractivity contribution >= 4 is 18.3 Å². The highest BCUT2D eigenvalue weighted by Crippen LogP contribution is 2.32. The number of piperazine rings is 1. The SMILES string of the molecule is CC1(C)CCCNC1C(=O)N1CCN2CCCC2C1.Cl. The molecule has 3 fully saturated rings. The molecule has 0 aromatic carbocycles. The first kappa shape index (κ1) is 16.1. The van der Waals surface area contributed by atoms with Gasteiger partial charge in [-0.1, -0.05) is 13.8 Å². The van der Waals surface area contributed by atoms with Crippen LogP contribution in [0.3, 0.4) is 0 Å². The van der Waals surface area contributed by atoms with E-state index in [0.717, 1.165) is 32.6 Å². The molecule has 3 rings (SSSR count). The second-order valence-electron chi connectivity index (χ2n) is 7.10. The summed E-state index contributed by atoms with van der Waals surface area (Å²) in [6.07, 6.45) is 4.91. The molecule has 2 unspecified atom stereocenters.